The van der Waals surface area contributed by atoms with Gasteiger partial charge in [0.25, 0.3) is 11.8 Å². The van der Waals surface area contributed by atoms with E-state index in [-0.39, 0.29) is 23.4 Å². The number of anilines is 1. The molecule has 1 atom stereocenters. The van der Waals surface area contributed by atoms with Gasteiger partial charge in [0.15, 0.2) is 0 Å². The highest BCUT2D eigenvalue weighted by Crippen LogP contribution is 2.31. The molecule has 2 aromatic carbocycles. The second-order valence-electron chi connectivity index (χ2n) is 6.93. The van der Waals surface area contributed by atoms with Crippen LogP contribution in [0.5, 0.6) is 5.75 Å². The van der Waals surface area contributed by atoms with E-state index >= 15 is 0 Å². The summed E-state index contributed by atoms with van der Waals surface area (Å²) in [5, 5.41) is 12.5. The van der Waals surface area contributed by atoms with Crippen LogP contribution in [-0.2, 0) is 4.79 Å². The molecule has 4 rings (SSSR count). The molecule has 0 saturated carbocycles. The zero-order valence-electron chi connectivity index (χ0n) is 16.7. The number of nitrogens with one attached hydrogen (secondary N) is 1. The third-order valence-corrected chi connectivity index (χ3v) is 5.38. The van der Waals surface area contributed by atoms with E-state index in [9.17, 15) is 9.59 Å². The third kappa shape index (κ3) is 4.21. The van der Waals surface area contributed by atoms with Crippen LogP contribution < -0.4 is 15.0 Å². The molecule has 0 saturated heterocycles. The summed E-state index contributed by atoms with van der Waals surface area (Å²) in [6.45, 7) is -0.117. The molecular formula is C22H15Cl2N5O3. The lowest BCUT2D eigenvalue weighted by Crippen LogP contribution is -2.49. The predicted octanol–water partition coefficient (Wildman–Crippen LogP) is 3.48. The van der Waals surface area contributed by atoms with Gasteiger partial charge in [0.2, 0.25) is 5.82 Å². The molecule has 8 nitrogen and oxygen atoms in total. The van der Waals surface area contributed by atoms with E-state index in [1.165, 1.54) is 11.1 Å². The van der Waals surface area contributed by atoms with Gasteiger partial charge in [-0.25, -0.2) is 9.97 Å². The van der Waals surface area contributed by atoms with Gasteiger partial charge in [0, 0.05) is 23.7 Å². The first-order chi connectivity index (χ1) is 15.4. The number of rotatable bonds is 3. The fraction of sp³-hybridized carbons (Fsp3) is 0.136. The molecule has 32 heavy (non-hydrogen) atoms. The smallest absolute Gasteiger partial charge is 0.289 e. The zero-order valence-corrected chi connectivity index (χ0v) is 18.2. The van der Waals surface area contributed by atoms with Gasteiger partial charge in [-0.2, -0.15) is 5.26 Å². The molecule has 0 fully saturated rings. The number of ether oxygens (including phenoxy) is 1. The van der Waals surface area contributed by atoms with Gasteiger partial charge in [-0.05, 0) is 24.3 Å². The topological polar surface area (TPSA) is 108 Å². The van der Waals surface area contributed by atoms with Crippen LogP contribution in [-0.4, -0.2) is 41.5 Å². The average Bonchev–Trinajstić information content (AvgIpc) is 2.91. The van der Waals surface area contributed by atoms with Crippen LogP contribution in [0.15, 0.2) is 48.7 Å². The van der Waals surface area contributed by atoms with Crippen molar-refractivity contribution < 1.29 is 14.3 Å². The molecule has 10 heteroatoms. The monoisotopic (exact) mass is 467 g/mol. The van der Waals surface area contributed by atoms with Gasteiger partial charge in [-0.3, -0.25) is 9.59 Å². The van der Waals surface area contributed by atoms with Gasteiger partial charge in [-0.1, -0.05) is 35.3 Å². The minimum absolute atomic E-state index is 0.117. The summed E-state index contributed by atoms with van der Waals surface area (Å²) >= 11 is 12.1. The van der Waals surface area contributed by atoms with E-state index in [1.54, 1.807) is 49.5 Å². The maximum atomic E-state index is 12.9. The van der Waals surface area contributed by atoms with Crippen molar-refractivity contribution in [3.63, 3.8) is 0 Å². The summed E-state index contributed by atoms with van der Waals surface area (Å²) in [6.07, 6.45) is 1.32. The zero-order chi connectivity index (χ0) is 22.8. The summed E-state index contributed by atoms with van der Waals surface area (Å²) in [6, 6.07) is 12.6. The quantitative estimate of drug-likeness (QED) is 0.631. The fourth-order valence-electron chi connectivity index (χ4n) is 3.19. The Balaban J connectivity index is 1.56. The predicted molar refractivity (Wildman–Crippen MR) is 119 cm³/mol. The van der Waals surface area contributed by atoms with Crippen LogP contribution in [0.2, 0.25) is 10.0 Å². The van der Waals surface area contributed by atoms with Crippen molar-refractivity contribution in [1.82, 2.24) is 15.3 Å². The Bertz CT molecular complexity index is 1260. The molecule has 0 aliphatic carbocycles. The largest absolute Gasteiger partial charge is 0.489 e. The van der Waals surface area contributed by atoms with Crippen molar-refractivity contribution in [3.8, 4) is 23.1 Å². The van der Waals surface area contributed by atoms with Gasteiger partial charge in [0.05, 0.1) is 34.2 Å². The molecule has 0 bridgehead atoms. The fourth-order valence-corrected chi connectivity index (χ4v) is 3.51. The normalized spacial score (nSPS) is 15.2. The van der Waals surface area contributed by atoms with Crippen LogP contribution in [0, 0.1) is 11.3 Å². The number of nitrogens with zero attached hydrogens (tertiary/aromatic N) is 4. The molecule has 1 aromatic heterocycles. The summed E-state index contributed by atoms with van der Waals surface area (Å²) in [5.41, 5.74) is 1.92. The minimum atomic E-state index is -0.983. The van der Waals surface area contributed by atoms with E-state index in [2.05, 4.69) is 15.3 Å². The van der Waals surface area contributed by atoms with Crippen molar-refractivity contribution in [3.05, 3.63) is 70.1 Å². The number of fused-ring (bicyclic) bond motifs is 1. The maximum absolute atomic E-state index is 12.9. The van der Waals surface area contributed by atoms with Crippen LogP contribution in [0.25, 0.3) is 11.3 Å². The Morgan fingerprint density at radius 2 is 2.00 bits per heavy atom. The number of carbonyl (C=O) groups excluding carboxylic acids is 2. The van der Waals surface area contributed by atoms with E-state index in [0.717, 1.165) is 0 Å². The molecule has 2 heterocycles. The van der Waals surface area contributed by atoms with E-state index in [4.69, 9.17) is 33.2 Å². The SMILES string of the molecule is CN1C(=O)C(NC(=O)c2ncc(Cl)c(-c3ccc(Cl)cc3)n2)COc2cc(C#N)ccc21. The first-order valence-corrected chi connectivity index (χ1v) is 10.2. The molecule has 0 spiro atoms. The van der Waals surface area contributed by atoms with Gasteiger partial charge < -0.3 is 15.0 Å². The van der Waals surface area contributed by atoms with E-state index in [1.807, 2.05) is 6.07 Å². The van der Waals surface area contributed by atoms with Crippen LogP contribution in [0.4, 0.5) is 5.69 Å². The number of likely N-dealkylation sites (N-methyl/N-ethyl adjacent to an activating group) is 1. The minimum Gasteiger partial charge on any atom is -0.489 e. The molecule has 2 amide bonds. The molecule has 3 aromatic rings. The second-order valence-corrected chi connectivity index (χ2v) is 7.77. The molecule has 160 valence electrons. The number of hydrogen-bond donors (Lipinski definition) is 1. The number of amides is 2. The van der Waals surface area contributed by atoms with Crippen molar-refractivity contribution in [2.75, 3.05) is 18.6 Å². The number of nitriles is 1. The Morgan fingerprint density at radius 3 is 2.72 bits per heavy atom. The van der Waals surface area contributed by atoms with Gasteiger partial charge >= 0.3 is 0 Å². The number of carbonyl (C=O) groups is 2. The molecule has 0 radical (unpaired) electrons. The number of benzene rings is 2. The van der Waals surface area contributed by atoms with E-state index in [0.29, 0.717) is 33.3 Å². The number of halogens is 2. The Hall–Kier alpha value is -3.67. The summed E-state index contributed by atoms with van der Waals surface area (Å²) < 4.78 is 5.70. The molecule has 1 N–H and O–H groups in total. The first-order valence-electron chi connectivity index (χ1n) is 9.41. The Morgan fingerprint density at radius 1 is 1.25 bits per heavy atom. The Labute approximate surface area is 193 Å². The molecular weight excluding hydrogens is 453 g/mol. The standard InChI is InChI=1S/C22H15Cl2N5O3/c1-29-17-7-2-12(9-25)8-18(17)32-11-16(22(29)31)27-21(30)20-26-10-15(24)19(28-20)13-3-5-14(23)6-4-13/h2-8,10,16H,11H2,1H3,(H,27,30). The van der Waals surface area contributed by atoms with Gasteiger partial charge in [0.1, 0.15) is 18.4 Å². The highest BCUT2D eigenvalue weighted by molar-refractivity contribution is 6.33. The molecule has 1 aliphatic heterocycles. The Kier molecular flexibility index (Phi) is 5.95. The highest BCUT2D eigenvalue weighted by Gasteiger charge is 2.31. The lowest BCUT2D eigenvalue weighted by atomic mass is 10.1. The third-order valence-electron chi connectivity index (χ3n) is 4.85. The molecule has 1 unspecified atom stereocenters. The lowest BCUT2D eigenvalue weighted by Gasteiger charge is -2.20. The maximum Gasteiger partial charge on any atom is 0.289 e. The van der Waals surface area contributed by atoms with Crippen molar-refractivity contribution in [2.45, 2.75) is 6.04 Å². The van der Waals surface area contributed by atoms with Crippen molar-refractivity contribution in [2.24, 2.45) is 0 Å². The van der Waals surface area contributed by atoms with Crippen LogP contribution in [0.3, 0.4) is 0 Å². The van der Waals surface area contributed by atoms with Gasteiger partial charge in [-0.15, -0.1) is 0 Å². The van der Waals surface area contributed by atoms with E-state index < -0.39 is 11.9 Å². The lowest BCUT2D eigenvalue weighted by molar-refractivity contribution is -0.120. The summed E-state index contributed by atoms with van der Waals surface area (Å²) in [5.74, 6) is -0.808. The first kappa shape index (κ1) is 21.6. The second kappa shape index (κ2) is 8.83. The van der Waals surface area contributed by atoms with Crippen molar-refractivity contribution in [1.29, 1.82) is 5.26 Å². The van der Waals surface area contributed by atoms with Crippen LogP contribution in [0.1, 0.15) is 16.2 Å². The van der Waals surface area contributed by atoms with Crippen molar-refractivity contribution >= 4 is 40.7 Å². The van der Waals surface area contributed by atoms with Crippen LogP contribution >= 0.6 is 23.2 Å². The average molecular weight is 468 g/mol. The summed E-state index contributed by atoms with van der Waals surface area (Å²) in [7, 11) is 1.57. The number of hydrogen-bond acceptors (Lipinski definition) is 6. The highest BCUT2D eigenvalue weighted by atomic mass is 35.5. The summed E-state index contributed by atoms with van der Waals surface area (Å²) in [4.78, 5) is 35.4. The molecule has 1 aliphatic rings. The number of aromatic nitrogens is 2.